The largest absolute Gasteiger partial charge is 0.294 e. The minimum Gasteiger partial charge on any atom is -0.294 e. The van der Waals surface area contributed by atoms with Gasteiger partial charge >= 0.3 is 0 Å². The Morgan fingerprint density at radius 1 is 0.667 bits per heavy atom. The third kappa shape index (κ3) is 1.10. The van der Waals surface area contributed by atoms with Crippen molar-refractivity contribution in [3.05, 3.63) is 34.4 Å². The van der Waals surface area contributed by atoms with Crippen LogP contribution in [-0.2, 0) is 0 Å². The van der Waals surface area contributed by atoms with Gasteiger partial charge in [-0.1, -0.05) is 0 Å². The van der Waals surface area contributed by atoms with Crippen molar-refractivity contribution >= 4 is 11.6 Å². The minimum atomic E-state index is -2.07. The van der Waals surface area contributed by atoms with E-state index in [1.54, 1.807) is 0 Å². The molecule has 0 heterocycles. The van der Waals surface area contributed by atoms with Gasteiger partial charge in [0.25, 0.3) is 0 Å². The van der Waals surface area contributed by atoms with E-state index in [4.69, 9.17) is 0 Å². The highest BCUT2D eigenvalue weighted by Gasteiger charge is 2.38. The Hall–Kier alpha value is -1.72. The first kappa shape index (κ1) is 9.82. The molecule has 2 nitrogen and oxygen atoms in total. The summed E-state index contributed by atoms with van der Waals surface area (Å²) in [6, 6.07) is 0. The molecule has 0 saturated heterocycles. The molecule has 0 atom stereocenters. The van der Waals surface area contributed by atoms with Gasteiger partial charge in [0.1, 0.15) is 0 Å². The lowest BCUT2D eigenvalue weighted by Gasteiger charge is -2.03. The van der Waals surface area contributed by atoms with E-state index in [9.17, 15) is 27.2 Å². The Kier molecular flexibility index (Phi) is 1.89. The van der Waals surface area contributed by atoms with Crippen molar-refractivity contribution in [3.63, 3.8) is 0 Å². The number of ketones is 2. The molecule has 0 fully saturated rings. The van der Waals surface area contributed by atoms with Crippen molar-refractivity contribution in [3.8, 4) is 0 Å². The Morgan fingerprint density at radius 3 is 1.33 bits per heavy atom. The van der Waals surface area contributed by atoms with E-state index in [0.29, 0.717) is 0 Å². The van der Waals surface area contributed by atoms with Gasteiger partial charge in [-0.25, -0.2) is 17.6 Å². The molecule has 2 rings (SSSR count). The molecule has 0 unspecified atom stereocenters. The Balaban J connectivity index is 2.92. The summed E-state index contributed by atoms with van der Waals surface area (Å²) in [5.41, 5.74) is -1.98. The molecule has 15 heavy (non-hydrogen) atoms. The van der Waals surface area contributed by atoms with Crippen LogP contribution >= 0.6 is 0 Å². The van der Waals surface area contributed by atoms with Crippen LogP contribution in [0.5, 0.6) is 0 Å². The summed E-state index contributed by atoms with van der Waals surface area (Å²) in [6.45, 7) is 0. The second-order valence-corrected chi connectivity index (χ2v) is 3.03. The maximum absolute atomic E-state index is 13.0. The van der Waals surface area contributed by atoms with Crippen LogP contribution < -0.4 is 0 Å². The molecule has 0 amide bonds. The van der Waals surface area contributed by atoms with E-state index in [1.165, 1.54) is 0 Å². The van der Waals surface area contributed by atoms with Crippen LogP contribution in [0.15, 0.2) is 0 Å². The van der Waals surface area contributed by atoms with Crippen molar-refractivity contribution in [2.24, 2.45) is 0 Å². The second kappa shape index (κ2) is 2.88. The van der Waals surface area contributed by atoms with Crippen molar-refractivity contribution in [1.82, 2.24) is 0 Å². The third-order valence-corrected chi connectivity index (χ3v) is 2.15. The van der Waals surface area contributed by atoms with Gasteiger partial charge in [-0.2, -0.15) is 0 Å². The molecule has 0 aromatic heterocycles. The molecule has 0 radical (unpaired) electrons. The van der Waals surface area contributed by atoms with Gasteiger partial charge in [-0.15, -0.1) is 0 Å². The molecule has 1 aromatic rings. The quantitative estimate of drug-likeness (QED) is 0.289. The van der Waals surface area contributed by atoms with Crippen LogP contribution in [0, 0.1) is 23.3 Å². The number of hydrogen-bond acceptors (Lipinski definition) is 2. The van der Waals surface area contributed by atoms with Crippen LogP contribution in [0.3, 0.4) is 0 Å². The van der Waals surface area contributed by atoms with Crippen molar-refractivity contribution in [1.29, 1.82) is 0 Å². The van der Waals surface area contributed by atoms with E-state index in [0.717, 1.165) is 0 Å². The molecule has 0 N–H and O–H groups in total. The number of Topliss-reactive ketones (excluding diaryl/α,β-unsaturated/α-hetero) is 2. The zero-order valence-electron chi connectivity index (χ0n) is 7.04. The number of benzene rings is 1. The van der Waals surface area contributed by atoms with Gasteiger partial charge in [0.2, 0.25) is 0 Å². The van der Waals surface area contributed by atoms with Gasteiger partial charge in [0.05, 0.1) is 17.5 Å². The molecule has 1 aliphatic rings. The lowest BCUT2D eigenvalue weighted by molar-refractivity contribution is 0.0921. The molecule has 1 aromatic carbocycles. The zero-order valence-corrected chi connectivity index (χ0v) is 7.04. The van der Waals surface area contributed by atoms with E-state index >= 15 is 0 Å². The fraction of sp³-hybridized carbons (Fsp3) is 0.111. The van der Waals surface area contributed by atoms with E-state index in [-0.39, 0.29) is 0 Å². The van der Waals surface area contributed by atoms with Gasteiger partial charge in [-0.05, 0) is 0 Å². The molecular weight excluding hydrogens is 216 g/mol. The predicted octanol–water partition coefficient (Wildman–Crippen LogP) is 2.01. The topological polar surface area (TPSA) is 34.1 Å². The van der Waals surface area contributed by atoms with Crippen LogP contribution in [0.2, 0.25) is 0 Å². The highest BCUT2D eigenvalue weighted by atomic mass is 19.2. The van der Waals surface area contributed by atoms with Crippen molar-refractivity contribution in [2.45, 2.75) is 6.42 Å². The van der Waals surface area contributed by atoms with Gasteiger partial charge < -0.3 is 0 Å². The maximum atomic E-state index is 13.0. The first-order valence-electron chi connectivity index (χ1n) is 3.87. The molecule has 0 spiro atoms. The number of carbonyl (C=O) groups excluding carboxylic acids is 2. The highest BCUT2D eigenvalue weighted by Crippen LogP contribution is 2.30. The summed E-state index contributed by atoms with van der Waals surface area (Å²) >= 11 is 0. The van der Waals surface area contributed by atoms with Gasteiger partial charge in [0, 0.05) is 0 Å². The number of hydrogen-bond donors (Lipinski definition) is 0. The summed E-state index contributed by atoms with van der Waals surface area (Å²) in [7, 11) is 0. The van der Waals surface area contributed by atoms with Crippen molar-refractivity contribution in [2.75, 3.05) is 0 Å². The number of halogens is 4. The summed E-state index contributed by atoms with van der Waals surface area (Å²) in [5.74, 6) is -9.83. The first-order valence-corrected chi connectivity index (χ1v) is 3.87. The Morgan fingerprint density at radius 2 is 1.00 bits per heavy atom. The standard InChI is InChI=1S/C9H2F4O2/c10-6-4-2(14)1-3(15)5(4)7(11)9(13)8(6)12/h1H2. The van der Waals surface area contributed by atoms with E-state index in [2.05, 4.69) is 0 Å². The third-order valence-electron chi connectivity index (χ3n) is 2.15. The SMILES string of the molecule is O=C1CC(=O)c2c(F)c(F)c(F)c(F)c21. The van der Waals surface area contributed by atoms with E-state index in [1.807, 2.05) is 0 Å². The van der Waals surface area contributed by atoms with E-state index < -0.39 is 52.4 Å². The predicted molar refractivity (Wildman–Crippen MR) is 39.6 cm³/mol. The molecule has 1 aliphatic carbocycles. The fourth-order valence-electron chi connectivity index (χ4n) is 1.48. The maximum Gasteiger partial charge on any atom is 0.198 e. The Bertz CT molecular complexity index is 463. The monoisotopic (exact) mass is 218 g/mol. The molecule has 6 heteroatoms. The minimum absolute atomic E-state index is 0.758. The molecule has 0 saturated carbocycles. The van der Waals surface area contributed by atoms with Crippen molar-refractivity contribution < 1.29 is 27.2 Å². The van der Waals surface area contributed by atoms with Crippen LogP contribution in [0.1, 0.15) is 27.1 Å². The molecular formula is C9H2F4O2. The number of fused-ring (bicyclic) bond motifs is 1. The summed E-state index contributed by atoms with van der Waals surface area (Å²) in [5, 5.41) is 0. The Labute approximate surface area is 80.5 Å². The average Bonchev–Trinajstić information content (AvgIpc) is 2.47. The normalized spacial score (nSPS) is 14.7. The average molecular weight is 218 g/mol. The molecule has 0 aliphatic heterocycles. The summed E-state index contributed by atoms with van der Waals surface area (Å²) < 4.78 is 51.4. The lowest BCUT2D eigenvalue weighted by Crippen LogP contribution is -2.07. The van der Waals surface area contributed by atoms with Gasteiger partial charge in [-0.3, -0.25) is 9.59 Å². The summed E-state index contributed by atoms with van der Waals surface area (Å²) in [6.07, 6.45) is -0.758. The molecule has 78 valence electrons. The fourth-order valence-corrected chi connectivity index (χ4v) is 1.48. The summed E-state index contributed by atoms with van der Waals surface area (Å²) in [4.78, 5) is 22.0. The highest BCUT2D eigenvalue weighted by molar-refractivity contribution is 6.24. The lowest BCUT2D eigenvalue weighted by atomic mass is 10.1. The van der Waals surface area contributed by atoms with Gasteiger partial charge in [0.15, 0.2) is 34.8 Å². The first-order chi connectivity index (χ1) is 6.95. The number of rotatable bonds is 0. The van der Waals surface area contributed by atoms with Crippen LogP contribution in [0.4, 0.5) is 17.6 Å². The molecule has 0 bridgehead atoms. The van der Waals surface area contributed by atoms with Crippen LogP contribution in [0.25, 0.3) is 0 Å². The number of carbonyl (C=O) groups is 2. The zero-order chi connectivity index (χ0) is 11.3. The van der Waals surface area contributed by atoms with Crippen LogP contribution in [-0.4, -0.2) is 11.6 Å². The second-order valence-electron chi connectivity index (χ2n) is 3.03. The smallest absolute Gasteiger partial charge is 0.198 e.